The molecule has 1 fully saturated rings. The van der Waals surface area contributed by atoms with Gasteiger partial charge in [-0.3, -0.25) is 0 Å². The molecule has 0 spiro atoms. The average Bonchev–Trinajstić information content (AvgIpc) is 3.23. The molecule has 3 aliphatic rings. The predicted octanol–water partition coefficient (Wildman–Crippen LogP) is 8.24. The molecule has 2 atom stereocenters. The Morgan fingerprint density at radius 3 is 1.30 bits per heavy atom. The third-order valence-corrected chi connectivity index (χ3v) is 32.0. The van der Waals surface area contributed by atoms with Crippen molar-refractivity contribution in [3.8, 4) is 0 Å². The van der Waals surface area contributed by atoms with E-state index in [1.54, 1.807) is 52.1 Å². The molecule has 5 rings (SSSR count). The second kappa shape index (κ2) is 9.03. The molecular formula is C28H40Cl2HfSi2. The molecular weight excluding hydrogens is 642 g/mol. The van der Waals surface area contributed by atoms with Gasteiger partial charge in [0.1, 0.15) is 0 Å². The maximum atomic E-state index is 2.61. The summed E-state index contributed by atoms with van der Waals surface area (Å²) in [5.41, 5.74) is 10.1. The Bertz CT molecular complexity index is 1060. The molecule has 0 bridgehead atoms. The minimum atomic E-state index is -2.60. The predicted molar refractivity (Wildman–Crippen MR) is 156 cm³/mol. The van der Waals surface area contributed by atoms with E-state index in [-0.39, 0.29) is 24.8 Å². The van der Waals surface area contributed by atoms with E-state index in [1.165, 1.54) is 0 Å². The van der Waals surface area contributed by atoms with Gasteiger partial charge < -0.3 is 0 Å². The minimum absolute atomic E-state index is 0. The first-order chi connectivity index (χ1) is 14.4. The van der Waals surface area contributed by atoms with Crippen LogP contribution in [0, 0.1) is 0 Å². The van der Waals surface area contributed by atoms with Crippen molar-refractivity contribution in [2.45, 2.75) is 68.8 Å². The van der Waals surface area contributed by atoms with Crippen LogP contribution < -0.4 is 10.4 Å². The van der Waals surface area contributed by atoms with E-state index in [2.05, 4.69) is 102 Å². The van der Waals surface area contributed by atoms with Crippen LogP contribution in [0.4, 0.5) is 0 Å². The summed E-state index contributed by atoms with van der Waals surface area (Å²) in [6, 6.07) is 14.6. The fourth-order valence-electron chi connectivity index (χ4n) is 6.83. The second-order valence-corrected chi connectivity index (χ2v) is 39.2. The van der Waals surface area contributed by atoms with E-state index in [0.717, 1.165) is 7.35 Å². The van der Waals surface area contributed by atoms with Gasteiger partial charge in [0.2, 0.25) is 0 Å². The van der Waals surface area contributed by atoms with Crippen LogP contribution in [0.1, 0.15) is 43.5 Å². The second-order valence-electron chi connectivity index (χ2n) is 12.5. The van der Waals surface area contributed by atoms with Crippen LogP contribution in [0.25, 0.3) is 12.2 Å². The van der Waals surface area contributed by atoms with Gasteiger partial charge in [0.25, 0.3) is 0 Å². The number of allylic oxidation sites excluding steroid dienone is 2. The van der Waals surface area contributed by atoms with Crippen LogP contribution in [-0.2, 0) is 20.0 Å². The molecule has 0 N–H and O–H groups in total. The monoisotopic (exact) mass is 682 g/mol. The van der Waals surface area contributed by atoms with Crippen LogP contribution in [0.3, 0.4) is 0 Å². The van der Waals surface area contributed by atoms with E-state index < -0.39 is 36.1 Å². The van der Waals surface area contributed by atoms with Crippen molar-refractivity contribution in [1.82, 2.24) is 0 Å². The summed E-state index contributed by atoms with van der Waals surface area (Å²) in [6.07, 6.45) is 5.22. The molecule has 1 saturated heterocycles. The van der Waals surface area contributed by atoms with Gasteiger partial charge in [-0.05, 0) is 0 Å². The third kappa shape index (κ3) is 4.33. The largest absolute Gasteiger partial charge is 0.147 e. The summed E-state index contributed by atoms with van der Waals surface area (Å²) in [7, 11) is -2.69. The molecule has 0 saturated carbocycles. The molecule has 0 aromatic heterocycles. The first kappa shape index (κ1) is 27.4. The summed E-state index contributed by atoms with van der Waals surface area (Å²) in [5.74, 6) is 0. The van der Waals surface area contributed by atoms with Gasteiger partial charge in [0, 0.05) is 0 Å². The standard InChI is InChI=1S/2C13H17Si.C2H4.2ClH.Hf/c2*1-10-8-11-6-5-7-13(12(11)9-10)14(2,3)4;1-2;;;/h2*5-9H,1-4H3;1-2H2;2*1H;. The SMILES string of the molecule is CC1=Cc2c(cccc2[Si](C)(C)C)[CH]1[Hf]1([CH]2C(C)=Cc3c2cccc3[Si](C)(C)C)[CH2][CH2]1.Cl.Cl. The smallest absolute Gasteiger partial charge is 0.147 e. The molecule has 2 aromatic rings. The maximum Gasteiger partial charge on any atom is -0.147 e. The fraction of sp³-hybridized carbons (Fsp3) is 0.429. The first-order valence-electron chi connectivity index (χ1n) is 12.1. The summed E-state index contributed by atoms with van der Waals surface area (Å²) in [5, 5.41) is 3.35. The Hall–Kier alpha value is -0.196. The Labute approximate surface area is 220 Å². The van der Waals surface area contributed by atoms with Gasteiger partial charge in [-0.15, -0.1) is 24.8 Å². The van der Waals surface area contributed by atoms with Crippen LogP contribution in [-0.4, -0.2) is 16.1 Å². The van der Waals surface area contributed by atoms with Crippen molar-refractivity contribution >= 4 is 63.5 Å². The van der Waals surface area contributed by atoms with Gasteiger partial charge in [-0.25, -0.2) is 0 Å². The zero-order valence-electron chi connectivity index (χ0n) is 21.5. The molecule has 2 aromatic carbocycles. The van der Waals surface area contributed by atoms with Crippen LogP contribution in [0.5, 0.6) is 0 Å². The molecule has 1 heterocycles. The molecule has 2 aliphatic carbocycles. The number of fused-ring (bicyclic) bond motifs is 2. The molecule has 178 valence electrons. The maximum absolute atomic E-state index is 2.61. The molecule has 0 radical (unpaired) electrons. The number of hydrogen-bond acceptors (Lipinski definition) is 0. The average molecular weight is 682 g/mol. The van der Waals surface area contributed by atoms with Crippen molar-refractivity contribution in [3.05, 3.63) is 69.8 Å². The van der Waals surface area contributed by atoms with Gasteiger partial charge in [0.05, 0.1) is 0 Å². The van der Waals surface area contributed by atoms with E-state index in [1.807, 2.05) is 0 Å². The number of rotatable bonds is 4. The van der Waals surface area contributed by atoms with Gasteiger partial charge in [-0.1, -0.05) is 0 Å². The summed E-state index contributed by atoms with van der Waals surface area (Å²) >= 11 is -2.60. The minimum Gasteiger partial charge on any atom is -0.147 e. The Morgan fingerprint density at radius 1 is 0.636 bits per heavy atom. The first-order valence-corrected chi connectivity index (χ1v) is 28.3. The zero-order valence-corrected chi connectivity index (χ0v) is 28.7. The van der Waals surface area contributed by atoms with Crippen LogP contribution in [0.2, 0.25) is 47.6 Å². The summed E-state index contributed by atoms with van der Waals surface area (Å²) in [4.78, 5) is 0. The molecule has 1 aliphatic heterocycles. The van der Waals surface area contributed by atoms with Gasteiger partial charge >= 0.3 is 197 Å². The molecule has 0 amide bonds. The van der Waals surface area contributed by atoms with E-state index >= 15 is 0 Å². The van der Waals surface area contributed by atoms with Gasteiger partial charge in [0.15, 0.2) is 0 Å². The number of halogens is 2. The Balaban J connectivity index is 0.00000153. The van der Waals surface area contributed by atoms with Crippen molar-refractivity contribution in [2.24, 2.45) is 0 Å². The number of benzene rings is 2. The summed E-state index contributed by atoms with van der Waals surface area (Å²) < 4.78 is 4.75. The molecule has 33 heavy (non-hydrogen) atoms. The molecule has 2 unspecified atom stereocenters. The van der Waals surface area contributed by atoms with Crippen molar-refractivity contribution < 1.29 is 20.0 Å². The van der Waals surface area contributed by atoms with Crippen molar-refractivity contribution in [1.29, 1.82) is 0 Å². The fourth-order valence-corrected chi connectivity index (χ4v) is 38.3. The van der Waals surface area contributed by atoms with E-state index in [9.17, 15) is 0 Å². The normalized spacial score (nSPS) is 22.4. The van der Waals surface area contributed by atoms with Crippen molar-refractivity contribution in [3.63, 3.8) is 0 Å². The Morgan fingerprint density at radius 2 is 1.00 bits per heavy atom. The van der Waals surface area contributed by atoms with Crippen LogP contribution in [0.15, 0.2) is 47.5 Å². The van der Waals surface area contributed by atoms with Gasteiger partial charge in [-0.2, -0.15) is 0 Å². The van der Waals surface area contributed by atoms with Crippen molar-refractivity contribution in [2.75, 3.05) is 0 Å². The quantitative estimate of drug-likeness (QED) is 0.285. The summed E-state index contributed by atoms with van der Waals surface area (Å²) in [6.45, 7) is 20.0. The topological polar surface area (TPSA) is 0 Å². The molecule has 0 nitrogen and oxygen atoms in total. The van der Waals surface area contributed by atoms with E-state index in [4.69, 9.17) is 0 Å². The molecule has 5 heteroatoms. The Kier molecular flexibility index (Phi) is 7.50. The van der Waals surface area contributed by atoms with Crippen LogP contribution >= 0.6 is 24.8 Å². The number of hydrogen-bond donors (Lipinski definition) is 0. The zero-order chi connectivity index (χ0) is 22.3. The third-order valence-electron chi connectivity index (χ3n) is 8.15. The van der Waals surface area contributed by atoms with E-state index in [0.29, 0.717) is 0 Å².